The van der Waals surface area contributed by atoms with Gasteiger partial charge in [-0.05, 0) is 57.0 Å². The molecule has 3 nitrogen and oxygen atoms in total. The number of rotatable bonds is 5. The van der Waals surface area contributed by atoms with Crippen LogP contribution in [0.3, 0.4) is 0 Å². The summed E-state index contributed by atoms with van der Waals surface area (Å²) < 4.78 is 41.2. The van der Waals surface area contributed by atoms with Gasteiger partial charge in [0.05, 0.1) is 4.90 Å². The van der Waals surface area contributed by atoms with Crippen molar-refractivity contribution in [3.8, 4) is 0 Å². The van der Waals surface area contributed by atoms with E-state index in [-0.39, 0.29) is 16.0 Å². The zero-order chi connectivity index (χ0) is 17.9. The van der Waals surface area contributed by atoms with Crippen molar-refractivity contribution in [1.82, 2.24) is 4.72 Å². The van der Waals surface area contributed by atoms with Crippen LogP contribution in [0.25, 0.3) is 0 Å². The lowest BCUT2D eigenvalue weighted by molar-refractivity contribution is 0.00514. The highest BCUT2D eigenvalue weighted by Crippen LogP contribution is 2.75. The van der Waals surface area contributed by atoms with Gasteiger partial charge in [0.15, 0.2) is 0 Å². The predicted molar refractivity (Wildman–Crippen MR) is 97.9 cm³/mol. The first-order chi connectivity index (χ1) is 11.8. The van der Waals surface area contributed by atoms with Crippen LogP contribution in [-0.4, -0.2) is 20.2 Å². The van der Waals surface area contributed by atoms with E-state index in [0.29, 0.717) is 9.79 Å². The zero-order valence-electron chi connectivity index (χ0n) is 14.2. The van der Waals surface area contributed by atoms with Crippen molar-refractivity contribution in [1.29, 1.82) is 0 Å². The summed E-state index contributed by atoms with van der Waals surface area (Å²) in [6, 6.07) is 12.4. The second-order valence-electron chi connectivity index (χ2n) is 7.23. The molecule has 0 unspecified atom stereocenters. The molecule has 5 rings (SSSR count). The molecule has 3 aliphatic rings. The predicted octanol–water partition coefficient (Wildman–Crippen LogP) is 4.01. The third-order valence-corrected chi connectivity index (χ3v) is 8.30. The third-order valence-electron chi connectivity index (χ3n) is 5.41. The molecule has 0 atom stereocenters. The molecule has 0 heterocycles. The maximum atomic E-state index is 13.9. The molecule has 3 fully saturated rings. The number of benzene rings is 2. The van der Waals surface area contributed by atoms with Gasteiger partial charge in [0.25, 0.3) is 0 Å². The number of halogens is 1. The topological polar surface area (TPSA) is 46.2 Å². The molecule has 2 bridgehead atoms. The van der Waals surface area contributed by atoms with E-state index in [1.54, 1.807) is 23.9 Å². The Morgan fingerprint density at radius 3 is 2.44 bits per heavy atom. The van der Waals surface area contributed by atoms with Crippen molar-refractivity contribution in [3.05, 3.63) is 59.4 Å². The van der Waals surface area contributed by atoms with Crippen LogP contribution in [0.1, 0.15) is 30.4 Å². The normalized spacial score (nSPS) is 27.5. The Kier molecular flexibility index (Phi) is 3.80. The molecule has 25 heavy (non-hydrogen) atoms. The van der Waals surface area contributed by atoms with Gasteiger partial charge in [0, 0.05) is 15.1 Å². The van der Waals surface area contributed by atoms with E-state index in [1.807, 2.05) is 31.2 Å². The Labute approximate surface area is 152 Å². The monoisotopic (exact) mass is 377 g/mol. The van der Waals surface area contributed by atoms with Crippen LogP contribution in [-0.2, 0) is 15.4 Å². The van der Waals surface area contributed by atoms with E-state index in [0.717, 1.165) is 30.4 Å². The minimum atomic E-state index is -3.48. The molecule has 3 saturated carbocycles. The first-order valence-corrected chi connectivity index (χ1v) is 10.6. The van der Waals surface area contributed by atoms with Crippen molar-refractivity contribution >= 4 is 21.8 Å². The molecule has 0 aliphatic heterocycles. The average Bonchev–Trinajstić information content (AvgIpc) is 2.50. The Hall–Kier alpha value is -1.37. The van der Waals surface area contributed by atoms with Gasteiger partial charge >= 0.3 is 0 Å². The molecule has 6 heteroatoms. The van der Waals surface area contributed by atoms with Crippen LogP contribution in [0.2, 0.25) is 0 Å². The van der Waals surface area contributed by atoms with Crippen molar-refractivity contribution < 1.29 is 12.8 Å². The molecule has 132 valence electrons. The Balaban J connectivity index is 1.61. The van der Waals surface area contributed by atoms with E-state index in [9.17, 15) is 12.8 Å². The Bertz CT molecular complexity index is 936. The zero-order valence-corrected chi connectivity index (χ0v) is 15.8. The number of nitrogens with one attached hydrogen (secondary N) is 1. The van der Waals surface area contributed by atoms with Crippen LogP contribution in [0.5, 0.6) is 0 Å². The summed E-state index contributed by atoms with van der Waals surface area (Å²) in [5.74, 6) is -0.180. The van der Waals surface area contributed by atoms with Gasteiger partial charge in [-0.15, -0.1) is 11.8 Å². The molecular weight excluding hydrogens is 357 g/mol. The summed E-state index contributed by atoms with van der Waals surface area (Å²) in [4.78, 5) is 1.06. The Morgan fingerprint density at radius 2 is 1.80 bits per heavy atom. The van der Waals surface area contributed by atoms with Gasteiger partial charge in [-0.1, -0.05) is 29.8 Å². The summed E-state index contributed by atoms with van der Waals surface area (Å²) in [6.07, 6.45) is 2.69. The number of aryl methyl sites for hydroxylation is 1. The number of hydrogen-bond acceptors (Lipinski definition) is 3. The molecule has 0 radical (unpaired) electrons. The standard InChI is InChI=1S/C19H20FNO2S2/c1-13-7-8-17(25(22,23)21-2)14(9-13)18-10-19(11-18,12-18)24-16-6-4-3-5-15(16)20/h3-9,21H,10-12H2,1-2H3. The van der Waals surface area contributed by atoms with E-state index >= 15 is 0 Å². The average molecular weight is 378 g/mol. The first kappa shape index (κ1) is 17.1. The highest BCUT2D eigenvalue weighted by Gasteiger charge is 2.69. The second kappa shape index (κ2) is 5.56. The van der Waals surface area contributed by atoms with Crippen LogP contribution in [0, 0.1) is 12.7 Å². The molecule has 2 aromatic carbocycles. The van der Waals surface area contributed by atoms with Crippen molar-refractivity contribution in [2.75, 3.05) is 7.05 Å². The number of sulfonamides is 1. The van der Waals surface area contributed by atoms with Crippen LogP contribution in [0.4, 0.5) is 4.39 Å². The van der Waals surface area contributed by atoms with Gasteiger partial charge in [0.2, 0.25) is 10.0 Å². The Morgan fingerprint density at radius 1 is 1.12 bits per heavy atom. The van der Waals surface area contributed by atoms with E-state index in [4.69, 9.17) is 0 Å². The van der Waals surface area contributed by atoms with E-state index in [2.05, 4.69) is 4.72 Å². The fraction of sp³-hybridized carbons (Fsp3) is 0.368. The van der Waals surface area contributed by atoms with Gasteiger partial charge in [-0.25, -0.2) is 17.5 Å². The minimum Gasteiger partial charge on any atom is -0.214 e. The largest absolute Gasteiger partial charge is 0.240 e. The molecule has 1 N–H and O–H groups in total. The summed E-state index contributed by atoms with van der Waals surface area (Å²) in [7, 11) is -2.04. The first-order valence-electron chi connectivity index (χ1n) is 8.28. The molecule has 0 saturated heterocycles. The quantitative estimate of drug-likeness (QED) is 0.856. The summed E-state index contributed by atoms with van der Waals surface area (Å²) in [5.41, 5.74) is 1.90. The lowest BCUT2D eigenvalue weighted by Crippen LogP contribution is -2.68. The van der Waals surface area contributed by atoms with Gasteiger partial charge in [0.1, 0.15) is 5.82 Å². The highest BCUT2D eigenvalue weighted by atomic mass is 32.2. The van der Waals surface area contributed by atoms with Crippen LogP contribution in [0.15, 0.2) is 52.3 Å². The van der Waals surface area contributed by atoms with Gasteiger partial charge in [-0.3, -0.25) is 0 Å². The number of thioether (sulfide) groups is 1. The van der Waals surface area contributed by atoms with Crippen molar-refractivity contribution in [3.63, 3.8) is 0 Å². The van der Waals surface area contributed by atoms with Crippen LogP contribution < -0.4 is 4.72 Å². The smallest absolute Gasteiger partial charge is 0.214 e. The molecule has 2 aromatic rings. The van der Waals surface area contributed by atoms with E-state index < -0.39 is 10.0 Å². The molecule has 0 spiro atoms. The second-order valence-corrected chi connectivity index (χ2v) is 10.6. The summed E-state index contributed by atoms with van der Waals surface area (Å²) >= 11 is 1.60. The molecule has 0 amide bonds. The summed E-state index contributed by atoms with van der Waals surface area (Å²) in [6.45, 7) is 1.98. The lowest BCUT2D eigenvalue weighted by atomic mass is 9.41. The fourth-order valence-corrected chi connectivity index (χ4v) is 7.11. The SMILES string of the molecule is CNS(=O)(=O)c1ccc(C)cc1C12CC(Sc3ccccc3F)(C1)C2. The molecule has 0 aromatic heterocycles. The third kappa shape index (κ3) is 2.62. The molecular formula is C19H20FNO2S2. The van der Waals surface area contributed by atoms with Gasteiger partial charge in [-0.2, -0.15) is 0 Å². The summed E-state index contributed by atoms with van der Waals surface area (Å²) in [5, 5.41) is 0. The fourth-order valence-electron chi connectivity index (χ4n) is 4.25. The maximum Gasteiger partial charge on any atom is 0.240 e. The van der Waals surface area contributed by atoms with Crippen molar-refractivity contribution in [2.45, 2.75) is 46.1 Å². The lowest BCUT2D eigenvalue weighted by Gasteiger charge is -2.70. The minimum absolute atomic E-state index is 0.0482. The highest BCUT2D eigenvalue weighted by molar-refractivity contribution is 8.00. The number of hydrogen-bond donors (Lipinski definition) is 1. The maximum absolute atomic E-state index is 13.9. The molecule has 3 aliphatic carbocycles. The van der Waals surface area contributed by atoms with Crippen LogP contribution >= 0.6 is 11.8 Å². The van der Waals surface area contributed by atoms with E-state index in [1.165, 1.54) is 13.1 Å². The van der Waals surface area contributed by atoms with Crippen molar-refractivity contribution in [2.24, 2.45) is 0 Å². The van der Waals surface area contributed by atoms with Gasteiger partial charge < -0.3 is 0 Å².